The largest absolute Gasteiger partial charge is 0.375 e. The molecule has 2 aromatic rings. The van der Waals surface area contributed by atoms with Gasteiger partial charge in [0.25, 0.3) is 0 Å². The van der Waals surface area contributed by atoms with Crippen LogP contribution in [0.3, 0.4) is 0 Å². The number of hydrogen-bond acceptors (Lipinski definition) is 4. The first-order valence-corrected chi connectivity index (χ1v) is 8.24. The Kier molecular flexibility index (Phi) is 7.07. The third-order valence-electron chi connectivity index (χ3n) is 3.85. The van der Waals surface area contributed by atoms with Gasteiger partial charge in [-0.05, 0) is 25.0 Å². The van der Waals surface area contributed by atoms with Crippen LogP contribution >= 0.6 is 0 Å². The van der Waals surface area contributed by atoms with E-state index in [0.717, 1.165) is 37.7 Å². The van der Waals surface area contributed by atoms with Gasteiger partial charge >= 0.3 is 0 Å². The van der Waals surface area contributed by atoms with E-state index in [0.29, 0.717) is 6.54 Å². The smallest absolute Gasteiger partial charge is 0.191 e. The molecule has 0 saturated carbocycles. The fourth-order valence-electron chi connectivity index (χ4n) is 2.36. The average Bonchev–Trinajstić information content (AvgIpc) is 3.03. The molecule has 2 N–H and O–H groups in total. The van der Waals surface area contributed by atoms with Crippen LogP contribution in [0.5, 0.6) is 0 Å². The highest BCUT2D eigenvalue weighted by Crippen LogP contribution is 2.11. The van der Waals surface area contributed by atoms with Crippen molar-refractivity contribution in [2.75, 3.05) is 32.1 Å². The molecule has 1 aromatic heterocycles. The summed E-state index contributed by atoms with van der Waals surface area (Å²) in [6.45, 7) is 2.53. The van der Waals surface area contributed by atoms with E-state index in [9.17, 15) is 0 Å². The molecule has 130 valence electrons. The van der Waals surface area contributed by atoms with E-state index in [-0.39, 0.29) is 0 Å². The lowest BCUT2D eigenvalue weighted by molar-refractivity contribution is 0.660. The zero-order valence-electron chi connectivity index (χ0n) is 14.7. The second kappa shape index (κ2) is 9.54. The number of nitrogens with zero attached hydrogens (tertiary/aromatic N) is 5. The van der Waals surface area contributed by atoms with Crippen LogP contribution in [-0.2, 0) is 13.6 Å². The number of aliphatic imine (C=N–C) groups is 1. The predicted octanol–water partition coefficient (Wildman–Crippen LogP) is 1.40. The van der Waals surface area contributed by atoms with Crippen molar-refractivity contribution in [2.45, 2.75) is 19.4 Å². The van der Waals surface area contributed by atoms with Crippen molar-refractivity contribution < 1.29 is 0 Å². The second-order valence-corrected chi connectivity index (χ2v) is 5.62. The quantitative estimate of drug-likeness (QED) is 0.435. The van der Waals surface area contributed by atoms with Gasteiger partial charge in [-0.25, -0.2) is 4.98 Å². The molecule has 0 atom stereocenters. The summed E-state index contributed by atoms with van der Waals surface area (Å²) in [7, 11) is 5.78. The molecule has 2 rings (SSSR count). The zero-order valence-corrected chi connectivity index (χ0v) is 14.7. The van der Waals surface area contributed by atoms with Gasteiger partial charge in [0.15, 0.2) is 5.96 Å². The van der Waals surface area contributed by atoms with Crippen molar-refractivity contribution in [1.82, 2.24) is 25.4 Å². The highest BCUT2D eigenvalue weighted by Gasteiger charge is 2.03. The molecule has 0 amide bonds. The number of nitrogens with one attached hydrogen (secondary N) is 2. The molecule has 0 unspecified atom stereocenters. The standard InChI is InChI=1S/C17H27N7/c1-18-17(20-13-16-21-14-22-24(16)3)19-11-7-8-12-23(2)15-9-5-4-6-10-15/h4-6,9-10,14H,7-8,11-13H2,1-3H3,(H2,18,19,20). The summed E-state index contributed by atoms with van der Waals surface area (Å²) in [5.74, 6) is 1.66. The van der Waals surface area contributed by atoms with E-state index in [1.807, 2.05) is 13.1 Å². The minimum absolute atomic E-state index is 0.604. The minimum atomic E-state index is 0.604. The second-order valence-electron chi connectivity index (χ2n) is 5.62. The van der Waals surface area contributed by atoms with E-state index in [4.69, 9.17) is 0 Å². The molecule has 0 bridgehead atoms. The summed E-state index contributed by atoms with van der Waals surface area (Å²) >= 11 is 0. The Balaban J connectivity index is 1.61. The van der Waals surface area contributed by atoms with E-state index < -0.39 is 0 Å². The van der Waals surface area contributed by atoms with Gasteiger partial charge in [0.1, 0.15) is 12.2 Å². The summed E-state index contributed by atoms with van der Waals surface area (Å²) < 4.78 is 1.75. The van der Waals surface area contributed by atoms with Crippen LogP contribution in [0.15, 0.2) is 41.7 Å². The lowest BCUT2D eigenvalue weighted by Crippen LogP contribution is -2.38. The number of anilines is 1. The van der Waals surface area contributed by atoms with E-state index >= 15 is 0 Å². The van der Waals surface area contributed by atoms with Gasteiger partial charge in [-0.15, -0.1) is 0 Å². The van der Waals surface area contributed by atoms with E-state index in [1.54, 1.807) is 18.1 Å². The van der Waals surface area contributed by atoms with E-state index in [2.05, 4.69) is 61.9 Å². The monoisotopic (exact) mass is 329 g/mol. The highest BCUT2D eigenvalue weighted by atomic mass is 15.3. The van der Waals surface area contributed by atoms with Crippen molar-refractivity contribution in [1.29, 1.82) is 0 Å². The zero-order chi connectivity index (χ0) is 17.2. The maximum atomic E-state index is 4.22. The Hall–Kier alpha value is -2.57. The van der Waals surface area contributed by atoms with Gasteiger partial charge in [0, 0.05) is 39.9 Å². The van der Waals surface area contributed by atoms with Crippen LogP contribution < -0.4 is 15.5 Å². The molecule has 0 spiro atoms. The number of aryl methyl sites for hydroxylation is 1. The number of rotatable bonds is 8. The molecule has 0 aliphatic carbocycles. The molecule has 24 heavy (non-hydrogen) atoms. The number of hydrogen-bond donors (Lipinski definition) is 2. The number of benzene rings is 1. The van der Waals surface area contributed by atoms with Crippen molar-refractivity contribution in [2.24, 2.45) is 12.0 Å². The lowest BCUT2D eigenvalue weighted by Gasteiger charge is -2.19. The minimum Gasteiger partial charge on any atom is -0.375 e. The molecular formula is C17H27N7. The van der Waals surface area contributed by atoms with Crippen molar-refractivity contribution in [3.8, 4) is 0 Å². The third-order valence-corrected chi connectivity index (χ3v) is 3.85. The van der Waals surface area contributed by atoms with Crippen molar-refractivity contribution in [3.05, 3.63) is 42.5 Å². The van der Waals surface area contributed by atoms with Gasteiger partial charge in [-0.2, -0.15) is 5.10 Å². The SMILES string of the molecule is CN=C(NCCCCN(C)c1ccccc1)NCc1ncnn1C. The maximum Gasteiger partial charge on any atom is 0.191 e. The number of aromatic nitrogens is 3. The van der Waals surface area contributed by atoms with Crippen LogP contribution in [-0.4, -0.2) is 47.9 Å². The molecule has 0 saturated heterocycles. The molecule has 0 fully saturated rings. The topological polar surface area (TPSA) is 70.4 Å². The molecule has 1 heterocycles. The highest BCUT2D eigenvalue weighted by molar-refractivity contribution is 5.79. The van der Waals surface area contributed by atoms with Crippen LogP contribution in [0.1, 0.15) is 18.7 Å². The third kappa shape index (κ3) is 5.57. The summed E-state index contributed by atoms with van der Waals surface area (Å²) in [6, 6.07) is 10.5. The number of guanidine groups is 1. The summed E-state index contributed by atoms with van der Waals surface area (Å²) in [4.78, 5) is 10.7. The molecule has 0 radical (unpaired) electrons. The Morgan fingerprint density at radius 1 is 1.21 bits per heavy atom. The average molecular weight is 329 g/mol. The van der Waals surface area contributed by atoms with Gasteiger partial charge in [-0.1, -0.05) is 18.2 Å². The van der Waals surface area contributed by atoms with Crippen LogP contribution in [0.4, 0.5) is 5.69 Å². The fraction of sp³-hybridized carbons (Fsp3) is 0.471. The Morgan fingerprint density at radius 3 is 2.67 bits per heavy atom. The van der Waals surface area contributed by atoms with Crippen molar-refractivity contribution >= 4 is 11.6 Å². The Labute approximate surface area is 143 Å². The number of unbranched alkanes of at least 4 members (excludes halogenated alkanes) is 1. The first-order valence-electron chi connectivity index (χ1n) is 8.24. The van der Waals surface area contributed by atoms with Crippen LogP contribution in [0, 0.1) is 0 Å². The molecule has 0 aliphatic rings. The van der Waals surface area contributed by atoms with Gasteiger partial charge in [0.2, 0.25) is 0 Å². The van der Waals surface area contributed by atoms with Crippen LogP contribution in [0.2, 0.25) is 0 Å². The fourth-order valence-corrected chi connectivity index (χ4v) is 2.36. The first kappa shape index (κ1) is 17.8. The Morgan fingerprint density at radius 2 is 2.00 bits per heavy atom. The van der Waals surface area contributed by atoms with Gasteiger partial charge in [-0.3, -0.25) is 9.67 Å². The normalized spacial score (nSPS) is 11.4. The summed E-state index contributed by atoms with van der Waals surface area (Å²) in [5.41, 5.74) is 1.26. The predicted molar refractivity (Wildman–Crippen MR) is 98.2 cm³/mol. The molecule has 7 nitrogen and oxygen atoms in total. The molecule has 1 aromatic carbocycles. The van der Waals surface area contributed by atoms with Gasteiger partial charge in [0.05, 0.1) is 6.54 Å². The van der Waals surface area contributed by atoms with E-state index in [1.165, 1.54) is 5.69 Å². The molecular weight excluding hydrogens is 302 g/mol. The van der Waals surface area contributed by atoms with Crippen LogP contribution in [0.25, 0.3) is 0 Å². The maximum absolute atomic E-state index is 4.22. The van der Waals surface area contributed by atoms with Crippen molar-refractivity contribution in [3.63, 3.8) is 0 Å². The summed E-state index contributed by atoms with van der Waals surface area (Å²) in [6.07, 6.45) is 3.76. The lowest BCUT2D eigenvalue weighted by atomic mass is 10.2. The Bertz CT molecular complexity index is 621. The molecule has 7 heteroatoms. The van der Waals surface area contributed by atoms with Gasteiger partial charge < -0.3 is 15.5 Å². The first-order chi connectivity index (χ1) is 11.7. The number of para-hydroxylation sites is 1. The molecule has 0 aliphatic heterocycles. The summed E-state index contributed by atoms with van der Waals surface area (Å²) in [5, 5.41) is 10.6.